The zero-order valence-electron chi connectivity index (χ0n) is 11.8. The number of benzene rings is 1. The van der Waals surface area contributed by atoms with Crippen LogP contribution in [0.2, 0.25) is 0 Å². The molecule has 0 amide bonds. The average Bonchev–Trinajstić information content (AvgIpc) is 2.46. The molecule has 0 saturated heterocycles. The Balaban J connectivity index is 1.88. The number of aromatic nitrogens is 1. The Morgan fingerprint density at radius 2 is 1.89 bits per heavy atom. The summed E-state index contributed by atoms with van der Waals surface area (Å²) in [5.74, 6) is 0. The van der Waals surface area contributed by atoms with E-state index in [0.29, 0.717) is 6.04 Å². The topological polar surface area (TPSA) is 24.9 Å². The van der Waals surface area contributed by atoms with Gasteiger partial charge in [-0.3, -0.25) is 4.98 Å². The van der Waals surface area contributed by atoms with Crippen LogP contribution < -0.4 is 5.32 Å². The van der Waals surface area contributed by atoms with E-state index in [-0.39, 0.29) is 0 Å². The maximum Gasteiger partial charge on any atom is 0.0419 e. The lowest BCUT2D eigenvalue weighted by atomic mass is 10.0. The molecule has 1 N–H and O–H groups in total. The molecule has 0 aliphatic rings. The summed E-state index contributed by atoms with van der Waals surface area (Å²) in [6.07, 6.45) is 5.18. The highest BCUT2D eigenvalue weighted by Gasteiger charge is 2.08. The van der Waals surface area contributed by atoms with Gasteiger partial charge in [-0.2, -0.15) is 0 Å². The van der Waals surface area contributed by atoms with Crippen LogP contribution in [0.3, 0.4) is 0 Å². The Morgan fingerprint density at radius 1 is 1.11 bits per heavy atom. The molecular formula is C17H22N2. The molecular weight excluding hydrogens is 232 g/mol. The first-order chi connectivity index (χ1) is 9.28. The Morgan fingerprint density at radius 3 is 2.53 bits per heavy atom. The summed E-state index contributed by atoms with van der Waals surface area (Å²) < 4.78 is 0. The molecule has 2 nitrogen and oxygen atoms in total. The predicted octanol–water partition coefficient (Wildman–Crippen LogP) is 3.15. The third kappa shape index (κ3) is 4.49. The van der Waals surface area contributed by atoms with E-state index in [1.807, 2.05) is 13.2 Å². The minimum atomic E-state index is 0.482. The molecule has 0 fully saturated rings. The lowest BCUT2D eigenvalue weighted by molar-refractivity contribution is 0.515. The number of rotatable bonds is 6. The van der Waals surface area contributed by atoms with Crippen LogP contribution in [-0.2, 0) is 12.8 Å². The molecule has 2 rings (SSSR count). The van der Waals surface area contributed by atoms with Gasteiger partial charge in [0.05, 0.1) is 0 Å². The normalized spacial score (nSPS) is 12.3. The zero-order valence-corrected chi connectivity index (χ0v) is 11.8. The summed E-state index contributed by atoms with van der Waals surface area (Å²) in [6, 6.07) is 15.4. The van der Waals surface area contributed by atoms with Gasteiger partial charge in [0.1, 0.15) is 0 Å². The van der Waals surface area contributed by atoms with E-state index < -0.39 is 0 Å². The number of hydrogen-bond donors (Lipinski definition) is 1. The number of nitrogens with one attached hydrogen (secondary N) is 1. The summed E-state index contributed by atoms with van der Waals surface area (Å²) in [6.45, 7) is 2.07. The van der Waals surface area contributed by atoms with Crippen molar-refractivity contribution in [2.24, 2.45) is 0 Å². The first-order valence-electron chi connectivity index (χ1n) is 6.90. The quantitative estimate of drug-likeness (QED) is 0.856. The van der Waals surface area contributed by atoms with Crippen molar-refractivity contribution in [3.63, 3.8) is 0 Å². The van der Waals surface area contributed by atoms with E-state index in [1.54, 1.807) is 0 Å². The van der Waals surface area contributed by atoms with Crippen molar-refractivity contribution < 1.29 is 0 Å². The monoisotopic (exact) mass is 254 g/mol. The minimum Gasteiger partial charge on any atom is -0.317 e. The molecule has 0 spiro atoms. The summed E-state index contributed by atoms with van der Waals surface area (Å²) in [7, 11) is 2.03. The van der Waals surface area contributed by atoms with Gasteiger partial charge in [0.25, 0.3) is 0 Å². The van der Waals surface area contributed by atoms with Gasteiger partial charge in [-0.15, -0.1) is 0 Å². The molecule has 0 aliphatic heterocycles. The molecule has 0 aliphatic carbocycles. The van der Waals surface area contributed by atoms with Gasteiger partial charge in [0.2, 0.25) is 0 Å². The Bertz CT molecular complexity index is 476. The van der Waals surface area contributed by atoms with Gasteiger partial charge in [0, 0.05) is 24.4 Å². The van der Waals surface area contributed by atoms with Gasteiger partial charge < -0.3 is 5.32 Å². The number of aryl methyl sites for hydroxylation is 2. The number of nitrogens with zero attached hydrogens (tertiary/aromatic N) is 1. The molecule has 0 saturated carbocycles. The Hall–Kier alpha value is -1.67. The van der Waals surface area contributed by atoms with Gasteiger partial charge >= 0.3 is 0 Å². The van der Waals surface area contributed by atoms with E-state index in [9.17, 15) is 0 Å². The van der Waals surface area contributed by atoms with Crippen molar-refractivity contribution in [1.82, 2.24) is 10.3 Å². The van der Waals surface area contributed by atoms with Crippen LogP contribution in [0.15, 0.2) is 48.7 Å². The maximum absolute atomic E-state index is 4.48. The lowest BCUT2D eigenvalue weighted by Crippen LogP contribution is -2.28. The van der Waals surface area contributed by atoms with Crippen LogP contribution in [0, 0.1) is 6.92 Å². The molecule has 1 heterocycles. The molecule has 2 heteroatoms. The van der Waals surface area contributed by atoms with Crippen molar-refractivity contribution in [3.8, 4) is 0 Å². The highest BCUT2D eigenvalue weighted by atomic mass is 14.9. The first-order valence-corrected chi connectivity index (χ1v) is 6.90. The molecule has 1 unspecified atom stereocenters. The second kappa shape index (κ2) is 7.05. The summed E-state index contributed by atoms with van der Waals surface area (Å²) in [5, 5.41) is 3.40. The number of likely N-dealkylation sites (N-methyl/N-ethyl adjacent to an activating group) is 1. The third-order valence-electron chi connectivity index (χ3n) is 3.46. The predicted molar refractivity (Wildman–Crippen MR) is 80.3 cm³/mol. The molecule has 1 aromatic carbocycles. The summed E-state index contributed by atoms with van der Waals surface area (Å²) >= 11 is 0. The summed E-state index contributed by atoms with van der Waals surface area (Å²) in [4.78, 5) is 4.48. The van der Waals surface area contributed by atoms with E-state index in [1.165, 1.54) is 11.1 Å². The van der Waals surface area contributed by atoms with Crippen molar-refractivity contribution in [2.75, 3.05) is 7.05 Å². The molecule has 0 radical (unpaired) electrons. The second-order valence-corrected chi connectivity index (χ2v) is 5.04. The van der Waals surface area contributed by atoms with E-state index in [2.05, 4.69) is 59.7 Å². The smallest absolute Gasteiger partial charge is 0.0419 e. The first kappa shape index (κ1) is 13.8. The third-order valence-corrected chi connectivity index (χ3v) is 3.46. The zero-order chi connectivity index (χ0) is 13.5. The van der Waals surface area contributed by atoms with Gasteiger partial charge in [-0.05, 0) is 44.0 Å². The maximum atomic E-state index is 4.48. The van der Waals surface area contributed by atoms with E-state index >= 15 is 0 Å². The lowest BCUT2D eigenvalue weighted by Gasteiger charge is -2.15. The van der Waals surface area contributed by atoms with E-state index in [0.717, 1.165) is 25.0 Å². The van der Waals surface area contributed by atoms with E-state index in [4.69, 9.17) is 0 Å². The fourth-order valence-corrected chi connectivity index (χ4v) is 2.21. The van der Waals surface area contributed by atoms with Crippen LogP contribution >= 0.6 is 0 Å². The molecule has 1 aromatic heterocycles. The van der Waals surface area contributed by atoms with Crippen LogP contribution in [0.5, 0.6) is 0 Å². The summed E-state index contributed by atoms with van der Waals surface area (Å²) in [5.41, 5.74) is 3.78. The van der Waals surface area contributed by atoms with Gasteiger partial charge in [0.15, 0.2) is 0 Å². The molecule has 0 bridgehead atoms. The van der Waals surface area contributed by atoms with Crippen LogP contribution in [0.4, 0.5) is 0 Å². The second-order valence-electron chi connectivity index (χ2n) is 5.04. The SMILES string of the molecule is CNC(CCc1ccccc1)Cc1ccc(C)cn1. The van der Waals surface area contributed by atoms with Crippen molar-refractivity contribution in [2.45, 2.75) is 32.2 Å². The average molecular weight is 254 g/mol. The van der Waals surface area contributed by atoms with Gasteiger partial charge in [-0.25, -0.2) is 0 Å². The van der Waals surface area contributed by atoms with Crippen LogP contribution in [0.25, 0.3) is 0 Å². The largest absolute Gasteiger partial charge is 0.317 e. The van der Waals surface area contributed by atoms with Crippen molar-refractivity contribution in [1.29, 1.82) is 0 Å². The highest BCUT2D eigenvalue weighted by molar-refractivity contribution is 5.16. The number of pyridine rings is 1. The van der Waals surface area contributed by atoms with Crippen molar-refractivity contribution >= 4 is 0 Å². The number of hydrogen-bond acceptors (Lipinski definition) is 2. The fraction of sp³-hybridized carbons (Fsp3) is 0.353. The molecule has 1 atom stereocenters. The molecule has 100 valence electrons. The van der Waals surface area contributed by atoms with Gasteiger partial charge in [-0.1, -0.05) is 36.4 Å². The fourth-order valence-electron chi connectivity index (χ4n) is 2.21. The highest BCUT2D eigenvalue weighted by Crippen LogP contribution is 2.09. The van der Waals surface area contributed by atoms with Crippen LogP contribution in [0.1, 0.15) is 23.2 Å². The minimum absolute atomic E-state index is 0.482. The molecule has 19 heavy (non-hydrogen) atoms. The Labute approximate surface area is 115 Å². The van der Waals surface area contributed by atoms with Crippen LogP contribution in [-0.4, -0.2) is 18.1 Å². The molecule has 2 aromatic rings. The van der Waals surface area contributed by atoms with Crippen molar-refractivity contribution in [3.05, 3.63) is 65.5 Å². The Kier molecular flexibility index (Phi) is 5.10. The standard InChI is InChI=1S/C17H22N2/c1-14-8-10-17(19-13-14)12-16(18-2)11-9-15-6-4-3-5-7-15/h3-8,10,13,16,18H,9,11-12H2,1-2H3.